The van der Waals surface area contributed by atoms with E-state index in [0.717, 1.165) is 17.1 Å². The number of carbonyl (C=O) groups is 1. The Labute approximate surface area is 107 Å². The van der Waals surface area contributed by atoms with Crippen molar-refractivity contribution in [3.8, 4) is 0 Å². The molecule has 0 unspecified atom stereocenters. The lowest BCUT2D eigenvalue weighted by Gasteiger charge is -2.12. The number of thioether (sulfide) groups is 1. The molecule has 1 aromatic rings. The molecule has 1 amide bonds. The summed E-state index contributed by atoms with van der Waals surface area (Å²) in [6, 6.07) is 7.77. The fourth-order valence-electron chi connectivity index (χ4n) is 1.27. The smallest absolute Gasteiger partial charge is 0.234 e. The van der Waals surface area contributed by atoms with Crippen LogP contribution in [0.25, 0.3) is 0 Å². The molecule has 1 rings (SSSR count). The lowest BCUT2D eigenvalue weighted by atomic mass is 10.2. The molecule has 0 saturated heterocycles. The first-order valence-corrected chi connectivity index (χ1v) is 6.55. The highest BCUT2D eigenvalue weighted by Crippen LogP contribution is 2.15. The van der Waals surface area contributed by atoms with Gasteiger partial charge in [-0.15, -0.1) is 18.3 Å². The van der Waals surface area contributed by atoms with E-state index in [1.807, 2.05) is 43.3 Å². The maximum Gasteiger partial charge on any atom is 0.234 e. The predicted octanol–water partition coefficient (Wildman–Crippen LogP) is 2.61. The molecule has 1 aromatic carbocycles. The highest BCUT2D eigenvalue weighted by Gasteiger charge is 2.02. The molecule has 4 heteroatoms. The van der Waals surface area contributed by atoms with Crippen LogP contribution in [0.1, 0.15) is 0 Å². The van der Waals surface area contributed by atoms with Gasteiger partial charge in [-0.1, -0.05) is 6.08 Å². The van der Waals surface area contributed by atoms with Gasteiger partial charge in [0.25, 0.3) is 0 Å². The number of nitrogens with one attached hydrogen (secondary N) is 1. The topological polar surface area (TPSA) is 32.3 Å². The predicted molar refractivity (Wildman–Crippen MR) is 76.9 cm³/mol. The van der Waals surface area contributed by atoms with Crippen LogP contribution in [0, 0.1) is 0 Å². The Morgan fingerprint density at radius 2 is 2.06 bits per heavy atom. The summed E-state index contributed by atoms with van der Waals surface area (Å²) in [7, 11) is 3.97. The Bertz CT molecular complexity index is 374. The summed E-state index contributed by atoms with van der Waals surface area (Å²) >= 11 is 1.55. The van der Waals surface area contributed by atoms with E-state index in [0.29, 0.717) is 5.75 Å². The van der Waals surface area contributed by atoms with Gasteiger partial charge in [-0.2, -0.15) is 0 Å². The lowest BCUT2D eigenvalue weighted by Crippen LogP contribution is -2.14. The molecule has 92 valence electrons. The molecule has 0 fully saturated rings. The van der Waals surface area contributed by atoms with Crippen molar-refractivity contribution in [1.29, 1.82) is 0 Å². The van der Waals surface area contributed by atoms with Gasteiger partial charge in [0.15, 0.2) is 0 Å². The number of hydrogen-bond donors (Lipinski definition) is 1. The van der Waals surface area contributed by atoms with Gasteiger partial charge in [0.1, 0.15) is 0 Å². The Balaban J connectivity index is 2.45. The second-order valence-corrected chi connectivity index (χ2v) is 4.82. The van der Waals surface area contributed by atoms with E-state index in [-0.39, 0.29) is 5.91 Å². The van der Waals surface area contributed by atoms with Crippen molar-refractivity contribution in [1.82, 2.24) is 0 Å². The van der Waals surface area contributed by atoms with Crippen LogP contribution in [0.3, 0.4) is 0 Å². The van der Waals surface area contributed by atoms with Crippen molar-refractivity contribution in [3.63, 3.8) is 0 Å². The van der Waals surface area contributed by atoms with Gasteiger partial charge in [0.05, 0.1) is 5.75 Å². The highest BCUT2D eigenvalue weighted by molar-refractivity contribution is 8.00. The van der Waals surface area contributed by atoms with Crippen LogP contribution in [0.5, 0.6) is 0 Å². The Morgan fingerprint density at radius 1 is 1.41 bits per heavy atom. The average molecular weight is 250 g/mol. The van der Waals surface area contributed by atoms with Gasteiger partial charge >= 0.3 is 0 Å². The van der Waals surface area contributed by atoms with Crippen molar-refractivity contribution in [3.05, 3.63) is 36.9 Å². The molecule has 17 heavy (non-hydrogen) atoms. The Hall–Kier alpha value is -1.42. The molecular weight excluding hydrogens is 232 g/mol. The molecule has 0 aliphatic carbocycles. The largest absolute Gasteiger partial charge is 0.378 e. The minimum atomic E-state index is 0.0226. The van der Waals surface area contributed by atoms with Gasteiger partial charge in [-0.3, -0.25) is 4.79 Å². The molecule has 0 heterocycles. The lowest BCUT2D eigenvalue weighted by molar-refractivity contribution is -0.113. The fraction of sp³-hybridized carbons (Fsp3) is 0.308. The van der Waals surface area contributed by atoms with E-state index in [4.69, 9.17) is 0 Å². The van der Waals surface area contributed by atoms with Crippen LogP contribution >= 0.6 is 11.8 Å². The first-order chi connectivity index (χ1) is 8.13. The number of nitrogens with zero attached hydrogens (tertiary/aromatic N) is 1. The van der Waals surface area contributed by atoms with Crippen LogP contribution in [0.15, 0.2) is 36.9 Å². The summed E-state index contributed by atoms with van der Waals surface area (Å²) in [6.07, 6.45) is 1.80. The summed E-state index contributed by atoms with van der Waals surface area (Å²) in [5.41, 5.74) is 1.95. The van der Waals surface area contributed by atoms with E-state index >= 15 is 0 Å². The Kier molecular flexibility index (Phi) is 5.63. The third-order valence-electron chi connectivity index (χ3n) is 2.14. The molecule has 0 saturated carbocycles. The van der Waals surface area contributed by atoms with Crippen molar-refractivity contribution in [2.75, 3.05) is 35.8 Å². The molecule has 0 aromatic heterocycles. The van der Waals surface area contributed by atoms with Crippen molar-refractivity contribution in [2.24, 2.45) is 0 Å². The third-order valence-corrected chi connectivity index (χ3v) is 3.07. The molecule has 0 bridgehead atoms. The fourth-order valence-corrected chi connectivity index (χ4v) is 1.82. The van der Waals surface area contributed by atoms with Crippen LogP contribution in [0.2, 0.25) is 0 Å². The van der Waals surface area contributed by atoms with E-state index in [9.17, 15) is 4.79 Å². The number of benzene rings is 1. The molecule has 0 aliphatic heterocycles. The number of rotatable bonds is 6. The van der Waals surface area contributed by atoms with Gasteiger partial charge in [-0.25, -0.2) is 0 Å². The minimum absolute atomic E-state index is 0.0226. The van der Waals surface area contributed by atoms with Gasteiger partial charge < -0.3 is 10.2 Å². The normalized spacial score (nSPS) is 9.76. The van der Waals surface area contributed by atoms with E-state index in [2.05, 4.69) is 11.9 Å². The van der Waals surface area contributed by atoms with Crippen LogP contribution in [-0.2, 0) is 4.79 Å². The third kappa shape index (κ3) is 4.95. The molecular formula is C13H18N2OS. The summed E-state index contributed by atoms with van der Waals surface area (Å²) in [6.45, 7) is 3.61. The van der Waals surface area contributed by atoms with E-state index in [1.165, 1.54) is 0 Å². The number of carbonyl (C=O) groups excluding carboxylic acids is 1. The van der Waals surface area contributed by atoms with Gasteiger partial charge in [-0.05, 0) is 24.3 Å². The van der Waals surface area contributed by atoms with Gasteiger partial charge in [0.2, 0.25) is 5.91 Å². The number of anilines is 2. The quantitative estimate of drug-likeness (QED) is 0.622. The molecule has 0 spiro atoms. The SMILES string of the molecule is C=CCSCC(=O)Nc1ccc(N(C)C)cc1. The van der Waals surface area contributed by atoms with Crippen molar-refractivity contribution < 1.29 is 4.79 Å². The number of amides is 1. The van der Waals surface area contributed by atoms with Crippen molar-refractivity contribution in [2.45, 2.75) is 0 Å². The van der Waals surface area contributed by atoms with Crippen LogP contribution in [0.4, 0.5) is 11.4 Å². The molecule has 0 radical (unpaired) electrons. The molecule has 0 atom stereocenters. The Morgan fingerprint density at radius 3 is 2.59 bits per heavy atom. The second-order valence-electron chi connectivity index (χ2n) is 3.79. The zero-order valence-electron chi connectivity index (χ0n) is 10.3. The van der Waals surface area contributed by atoms with E-state index in [1.54, 1.807) is 17.8 Å². The number of hydrogen-bond acceptors (Lipinski definition) is 3. The zero-order valence-corrected chi connectivity index (χ0v) is 11.1. The second kappa shape index (κ2) is 7.01. The molecule has 3 nitrogen and oxygen atoms in total. The summed E-state index contributed by atoms with van der Waals surface area (Å²) in [5, 5.41) is 2.85. The first kappa shape index (κ1) is 13.6. The summed E-state index contributed by atoms with van der Waals surface area (Å²) in [5.74, 6) is 1.28. The first-order valence-electron chi connectivity index (χ1n) is 5.39. The maximum absolute atomic E-state index is 11.5. The highest BCUT2D eigenvalue weighted by atomic mass is 32.2. The summed E-state index contributed by atoms with van der Waals surface area (Å²) in [4.78, 5) is 13.5. The zero-order chi connectivity index (χ0) is 12.7. The standard InChI is InChI=1S/C13H18N2OS/c1-4-9-17-10-13(16)14-11-5-7-12(8-6-11)15(2)3/h4-8H,1,9-10H2,2-3H3,(H,14,16). The average Bonchev–Trinajstić information content (AvgIpc) is 2.30. The monoisotopic (exact) mass is 250 g/mol. The van der Waals surface area contributed by atoms with Crippen molar-refractivity contribution >= 4 is 29.0 Å². The molecule has 1 N–H and O–H groups in total. The molecule has 0 aliphatic rings. The van der Waals surface area contributed by atoms with E-state index < -0.39 is 0 Å². The maximum atomic E-state index is 11.5. The summed E-state index contributed by atoms with van der Waals surface area (Å²) < 4.78 is 0. The van der Waals surface area contributed by atoms with Crippen LogP contribution in [-0.4, -0.2) is 31.5 Å². The van der Waals surface area contributed by atoms with Gasteiger partial charge in [0, 0.05) is 31.2 Å². The minimum Gasteiger partial charge on any atom is -0.378 e. The van der Waals surface area contributed by atoms with Crippen LogP contribution < -0.4 is 10.2 Å².